The predicted octanol–water partition coefficient (Wildman–Crippen LogP) is 3.48. The van der Waals surface area contributed by atoms with Crippen molar-refractivity contribution in [3.8, 4) is 0 Å². The van der Waals surface area contributed by atoms with E-state index in [9.17, 15) is 4.79 Å². The zero-order valence-electron chi connectivity index (χ0n) is 11.5. The summed E-state index contributed by atoms with van der Waals surface area (Å²) >= 11 is 1.69. The first-order valence-corrected chi connectivity index (χ1v) is 7.45. The lowest BCUT2D eigenvalue weighted by atomic mass is 10.1. The van der Waals surface area contributed by atoms with Gasteiger partial charge in [-0.15, -0.1) is 11.8 Å². The number of benzene rings is 2. The second-order valence-electron chi connectivity index (χ2n) is 4.34. The lowest BCUT2D eigenvalue weighted by Gasteiger charge is -2.00. The molecule has 0 fully saturated rings. The van der Waals surface area contributed by atoms with Crippen LogP contribution in [-0.2, 0) is 0 Å². The second kappa shape index (κ2) is 6.91. The van der Waals surface area contributed by atoms with Gasteiger partial charge < -0.3 is 0 Å². The number of nitrogens with one attached hydrogen (secondary N) is 1. The van der Waals surface area contributed by atoms with Crippen molar-refractivity contribution in [2.45, 2.75) is 11.8 Å². The van der Waals surface area contributed by atoms with E-state index in [1.54, 1.807) is 30.1 Å². The summed E-state index contributed by atoms with van der Waals surface area (Å²) in [7, 11) is 0. The van der Waals surface area contributed by atoms with E-state index in [1.807, 2.05) is 49.6 Å². The number of nitrogens with zero attached hydrogens (tertiary/aromatic N) is 1. The molecule has 0 aliphatic rings. The number of thioether (sulfide) groups is 1. The Bertz CT molecular complexity index is 603. The maximum Gasteiger partial charge on any atom is 0.271 e. The summed E-state index contributed by atoms with van der Waals surface area (Å²) in [5.41, 5.74) is 5.20. The molecule has 2 rings (SSSR count). The molecular weight excluding hydrogens is 268 g/mol. The lowest BCUT2D eigenvalue weighted by molar-refractivity contribution is 0.0955. The Morgan fingerprint density at radius 1 is 1.10 bits per heavy atom. The lowest BCUT2D eigenvalue weighted by Crippen LogP contribution is -2.17. The highest BCUT2D eigenvalue weighted by atomic mass is 32.2. The zero-order chi connectivity index (χ0) is 14.4. The van der Waals surface area contributed by atoms with Gasteiger partial charge in [-0.3, -0.25) is 4.79 Å². The molecule has 0 aliphatic carbocycles. The number of carbonyl (C=O) groups is 1. The van der Waals surface area contributed by atoms with E-state index in [1.165, 1.54) is 4.90 Å². The van der Waals surface area contributed by atoms with Crippen LogP contribution in [0.15, 0.2) is 58.5 Å². The molecule has 2 aromatic rings. The predicted molar refractivity (Wildman–Crippen MR) is 84.5 cm³/mol. The minimum atomic E-state index is -0.206. The van der Waals surface area contributed by atoms with E-state index in [-0.39, 0.29) is 5.91 Å². The zero-order valence-corrected chi connectivity index (χ0v) is 12.3. The number of hydrogen-bond donors (Lipinski definition) is 1. The van der Waals surface area contributed by atoms with Crippen LogP contribution in [0.3, 0.4) is 0 Å². The topological polar surface area (TPSA) is 41.5 Å². The van der Waals surface area contributed by atoms with Crippen molar-refractivity contribution in [2.75, 3.05) is 6.26 Å². The van der Waals surface area contributed by atoms with E-state index in [4.69, 9.17) is 0 Å². The van der Waals surface area contributed by atoms with Crippen molar-refractivity contribution in [2.24, 2.45) is 5.10 Å². The molecular formula is C16H16N2OS. The van der Waals surface area contributed by atoms with Crippen LogP contribution in [0, 0.1) is 6.92 Å². The second-order valence-corrected chi connectivity index (χ2v) is 5.22. The van der Waals surface area contributed by atoms with Crippen LogP contribution < -0.4 is 5.43 Å². The van der Waals surface area contributed by atoms with E-state index in [0.29, 0.717) is 5.56 Å². The summed E-state index contributed by atoms with van der Waals surface area (Å²) in [5.74, 6) is -0.206. The van der Waals surface area contributed by atoms with Crippen molar-refractivity contribution in [3.05, 3.63) is 65.2 Å². The Morgan fingerprint density at radius 3 is 2.35 bits per heavy atom. The normalized spacial score (nSPS) is 10.7. The molecule has 0 saturated carbocycles. The standard InChI is InChI=1S/C16H16N2OS/c1-12-3-7-14(8-4-12)16(19)18-17-11-13-5-9-15(20-2)10-6-13/h3-11H,1-2H3,(H,18,19)/b17-11+. The number of amides is 1. The van der Waals surface area contributed by atoms with Crippen molar-refractivity contribution in [3.63, 3.8) is 0 Å². The summed E-state index contributed by atoms with van der Waals surface area (Å²) < 4.78 is 0. The molecule has 0 unspecified atom stereocenters. The number of hydrazone groups is 1. The molecule has 1 amide bonds. The number of hydrogen-bond acceptors (Lipinski definition) is 3. The highest BCUT2D eigenvalue weighted by Crippen LogP contribution is 2.13. The third-order valence-corrected chi connectivity index (χ3v) is 3.55. The monoisotopic (exact) mass is 284 g/mol. The molecule has 0 saturated heterocycles. The van der Waals surface area contributed by atoms with Gasteiger partial charge in [-0.25, -0.2) is 5.43 Å². The average molecular weight is 284 g/mol. The highest BCUT2D eigenvalue weighted by Gasteiger charge is 2.02. The Balaban J connectivity index is 1.95. The first kappa shape index (κ1) is 14.3. The smallest absolute Gasteiger partial charge is 0.267 e. The van der Waals surface area contributed by atoms with E-state index in [0.717, 1.165) is 11.1 Å². The van der Waals surface area contributed by atoms with Gasteiger partial charge in [0.05, 0.1) is 6.21 Å². The molecule has 102 valence electrons. The minimum Gasteiger partial charge on any atom is -0.267 e. The van der Waals surface area contributed by atoms with Crippen LogP contribution in [0.4, 0.5) is 0 Å². The van der Waals surface area contributed by atoms with E-state index < -0.39 is 0 Å². The Hall–Kier alpha value is -2.07. The minimum absolute atomic E-state index is 0.206. The fourth-order valence-corrected chi connectivity index (χ4v) is 2.03. The summed E-state index contributed by atoms with van der Waals surface area (Å²) in [5, 5.41) is 3.96. The van der Waals surface area contributed by atoms with Crippen LogP contribution in [0.25, 0.3) is 0 Å². The van der Waals surface area contributed by atoms with Gasteiger partial charge in [-0.05, 0) is 43.0 Å². The summed E-state index contributed by atoms with van der Waals surface area (Å²) in [6.07, 6.45) is 3.67. The van der Waals surface area contributed by atoms with Gasteiger partial charge in [0, 0.05) is 10.5 Å². The number of carbonyl (C=O) groups excluding carboxylic acids is 1. The molecule has 4 heteroatoms. The van der Waals surface area contributed by atoms with E-state index >= 15 is 0 Å². The molecule has 3 nitrogen and oxygen atoms in total. The van der Waals surface area contributed by atoms with Gasteiger partial charge in [0.1, 0.15) is 0 Å². The van der Waals surface area contributed by atoms with Gasteiger partial charge >= 0.3 is 0 Å². The molecule has 0 bridgehead atoms. The fourth-order valence-electron chi connectivity index (χ4n) is 1.62. The average Bonchev–Trinajstić information content (AvgIpc) is 2.48. The quantitative estimate of drug-likeness (QED) is 0.530. The van der Waals surface area contributed by atoms with Crippen LogP contribution in [0.1, 0.15) is 21.5 Å². The highest BCUT2D eigenvalue weighted by molar-refractivity contribution is 7.98. The molecule has 0 heterocycles. The van der Waals surface area contributed by atoms with Crippen LogP contribution in [0.2, 0.25) is 0 Å². The van der Waals surface area contributed by atoms with Gasteiger partial charge in [-0.1, -0.05) is 29.8 Å². The third-order valence-electron chi connectivity index (χ3n) is 2.81. The Labute approximate surface area is 123 Å². The molecule has 20 heavy (non-hydrogen) atoms. The Morgan fingerprint density at radius 2 is 1.75 bits per heavy atom. The largest absolute Gasteiger partial charge is 0.271 e. The van der Waals surface area contributed by atoms with Crippen LogP contribution in [-0.4, -0.2) is 18.4 Å². The molecule has 0 radical (unpaired) electrons. The number of rotatable bonds is 4. The maximum atomic E-state index is 11.8. The molecule has 0 aliphatic heterocycles. The van der Waals surface area contributed by atoms with Crippen LogP contribution in [0.5, 0.6) is 0 Å². The first-order chi connectivity index (χ1) is 9.69. The fraction of sp³-hybridized carbons (Fsp3) is 0.125. The molecule has 0 spiro atoms. The van der Waals surface area contributed by atoms with Gasteiger partial charge in [0.25, 0.3) is 5.91 Å². The maximum absolute atomic E-state index is 11.8. The third kappa shape index (κ3) is 3.96. The molecule has 1 N–H and O–H groups in total. The SMILES string of the molecule is CSc1ccc(/C=N/NC(=O)c2ccc(C)cc2)cc1. The molecule has 2 aromatic carbocycles. The molecule has 0 atom stereocenters. The first-order valence-electron chi connectivity index (χ1n) is 6.23. The van der Waals surface area contributed by atoms with E-state index in [2.05, 4.69) is 10.5 Å². The van der Waals surface area contributed by atoms with Gasteiger partial charge in [0.2, 0.25) is 0 Å². The van der Waals surface area contributed by atoms with Crippen molar-refractivity contribution in [1.29, 1.82) is 0 Å². The number of aryl methyl sites for hydroxylation is 1. The summed E-state index contributed by atoms with van der Waals surface area (Å²) in [4.78, 5) is 13.0. The van der Waals surface area contributed by atoms with Crippen LogP contribution >= 0.6 is 11.8 Å². The molecule has 0 aromatic heterocycles. The van der Waals surface area contributed by atoms with Crippen molar-refractivity contribution in [1.82, 2.24) is 5.43 Å². The van der Waals surface area contributed by atoms with Crippen molar-refractivity contribution >= 4 is 23.9 Å². The van der Waals surface area contributed by atoms with Crippen molar-refractivity contribution < 1.29 is 4.79 Å². The van der Waals surface area contributed by atoms with Gasteiger partial charge in [0.15, 0.2) is 0 Å². The van der Waals surface area contributed by atoms with Gasteiger partial charge in [-0.2, -0.15) is 5.10 Å². The Kier molecular flexibility index (Phi) is 4.96. The summed E-state index contributed by atoms with van der Waals surface area (Å²) in [6.45, 7) is 1.98. The summed E-state index contributed by atoms with van der Waals surface area (Å²) in [6, 6.07) is 15.3.